The number of hydrogen-bond acceptors (Lipinski definition) is 5. The van der Waals surface area contributed by atoms with Crippen LogP contribution < -0.4 is 5.32 Å². The first kappa shape index (κ1) is 13.1. The van der Waals surface area contributed by atoms with E-state index >= 15 is 0 Å². The molecule has 0 aliphatic heterocycles. The van der Waals surface area contributed by atoms with Gasteiger partial charge in [-0.15, -0.1) is 15.3 Å². The Bertz CT molecular complexity index is 629. The molecule has 0 unspecified atom stereocenters. The van der Waals surface area contributed by atoms with Crippen LogP contribution in [0.15, 0.2) is 12.1 Å². The number of rotatable bonds is 3. The molecule has 1 saturated carbocycles. The van der Waals surface area contributed by atoms with Crippen LogP contribution in [0.1, 0.15) is 25.1 Å². The summed E-state index contributed by atoms with van der Waals surface area (Å²) in [5, 5.41) is 22.8. The standard InChI is InChI=1S/C11H12F3N5O/c12-11(13,14)9-17-16-8-3-2-7(18-19(8)9)15-10(6-20)4-1-5-10/h2-3,20H,1,4-6H2,(H,15,18). The molecule has 0 saturated heterocycles. The molecule has 0 radical (unpaired) electrons. The van der Waals surface area contributed by atoms with Crippen molar-refractivity contribution in [2.24, 2.45) is 0 Å². The lowest BCUT2D eigenvalue weighted by Gasteiger charge is -2.41. The number of anilines is 1. The third-order valence-electron chi connectivity index (χ3n) is 3.52. The molecule has 6 nitrogen and oxygen atoms in total. The first-order chi connectivity index (χ1) is 9.43. The van der Waals surface area contributed by atoms with Gasteiger partial charge in [0.1, 0.15) is 5.82 Å². The summed E-state index contributed by atoms with van der Waals surface area (Å²) in [6, 6.07) is 2.93. The first-order valence-electron chi connectivity index (χ1n) is 6.12. The van der Waals surface area contributed by atoms with E-state index in [9.17, 15) is 18.3 Å². The van der Waals surface area contributed by atoms with Crippen LogP contribution in [0.3, 0.4) is 0 Å². The molecule has 20 heavy (non-hydrogen) atoms. The average Bonchev–Trinajstić information content (AvgIpc) is 2.76. The highest BCUT2D eigenvalue weighted by atomic mass is 19.4. The van der Waals surface area contributed by atoms with E-state index in [4.69, 9.17) is 0 Å². The summed E-state index contributed by atoms with van der Waals surface area (Å²) in [5.74, 6) is -0.903. The van der Waals surface area contributed by atoms with E-state index in [0.29, 0.717) is 4.52 Å². The van der Waals surface area contributed by atoms with E-state index < -0.39 is 17.5 Å². The molecule has 1 aliphatic rings. The van der Waals surface area contributed by atoms with E-state index in [2.05, 4.69) is 20.6 Å². The Hall–Kier alpha value is -1.90. The van der Waals surface area contributed by atoms with Gasteiger partial charge in [-0.3, -0.25) is 0 Å². The molecule has 0 aromatic carbocycles. The lowest BCUT2D eigenvalue weighted by atomic mass is 9.77. The molecule has 1 aliphatic carbocycles. The largest absolute Gasteiger partial charge is 0.453 e. The van der Waals surface area contributed by atoms with Crippen LogP contribution in [0.2, 0.25) is 0 Å². The number of aliphatic hydroxyl groups excluding tert-OH is 1. The fourth-order valence-electron chi connectivity index (χ4n) is 2.23. The lowest BCUT2D eigenvalue weighted by Crippen LogP contribution is -2.48. The van der Waals surface area contributed by atoms with Gasteiger partial charge in [0.25, 0.3) is 5.82 Å². The van der Waals surface area contributed by atoms with E-state index in [0.717, 1.165) is 19.3 Å². The SMILES string of the molecule is OCC1(Nc2ccc3nnc(C(F)(F)F)n3n2)CCC1. The minimum Gasteiger partial charge on any atom is -0.394 e. The Kier molecular flexibility index (Phi) is 2.82. The van der Waals surface area contributed by atoms with Crippen molar-refractivity contribution in [1.82, 2.24) is 19.8 Å². The van der Waals surface area contributed by atoms with Crippen molar-refractivity contribution in [1.29, 1.82) is 0 Å². The quantitative estimate of drug-likeness (QED) is 0.894. The van der Waals surface area contributed by atoms with E-state index in [-0.39, 0.29) is 18.1 Å². The molecule has 0 bridgehead atoms. The van der Waals surface area contributed by atoms with Crippen molar-refractivity contribution in [3.8, 4) is 0 Å². The molecular weight excluding hydrogens is 275 g/mol. The molecule has 2 N–H and O–H groups in total. The molecule has 0 atom stereocenters. The van der Waals surface area contributed by atoms with Gasteiger partial charge in [0.2, 0.25) is 0 Å². The minimum absolute atomic E-state index is 0.0227. The van der Waals surface area contributed by atoms with Crippen molar-refractivity contribution >= 4 is 11.5 Å². The van der Waals surface area contributed by atoms with E-state index in [1.165, 1.54) is 12.1 Å². The Morgan fingerprint density at radius 2 is 2.05 bits per heavy atom. The van der Waals surface area contributed by atoms with Gasteiger partial charge < -0.3 is 10.4 Å². The number of alkyl halides is 3. The highest BCUT2D eigenvalue weighted by Crippen LogP contribution is 2.34. The zero-order valence-electron chi connectivity index (χ0n) is 10.4. The Morgan fingerprint density at radius 3 is 2.60 bits per heavy atom. The molecule has 2 heterocycles. The second-order valence-electron chi connectivity index (χ2n) is 4.93. The summed E-state index contributed by atoms with van der Waals surface area (Å²) in [6.07, 6.45) is -2.12. The predicted molar refractivity (Wildman–Crippen MR) is 63.1 cm³/mol. The zero-order chi connectivity index (χ0) is 14.4. The van der Waals surface area contributed by atoms with E-state index in [1.807, 2.05) is 0 Å². The van der Waals surface area contributed by atoms with Crippen LogP contribution >= 0.6 is 0 Å². The molecule has 2 aromatic heterocycles. The maximum absolute atomic E-state index is 12.7. The topological polar surface area (TPSA) is 75.3 Å². The summed E-state index contributed by atoms with van der Waals surface area (Å²) in [5.41, 5.74) is -0.456. The maximum atomic E-state index is 12.7. The van der Waals surface area contributed by atoms with Crippen LogP contribution in [0, 0.1) is 0 Å². The van der Waals surface area contributed by atoms with Gasteiger partial charge in [-0.25, -0.2) is 0 Å². The molecule has 1 fully saturated rings. The number of aliphatic hydroxyl groups is 1. The third-order valence-corrected chi connectivity index (χ3v) is 3.52. The second-order valence-corrected chi connectivity index (χ2v) is 4.93. The molecule has 0 amide bonds. The summed E-state index contributed by atoms with van der Waals surface area (Å²) in [6.45, 7) is -0.0823. The van der Waals surface area contributed by atoms with Crippen LogP contribution in [0.25, 0.3) is 5.65 Å². The number of aromatic nitrogens is 4. The third kappa shape index (κ3) is 2.07. The fraction of sp³-hybridized carbons (Fsp3) is 0.545. The van der Waals surface area contributed by atoms with Crippen LogP contribution in [-0.4, -0.2) is 37.1 Å². The molecular formula is C11H12F3N5O. The minimum atomic E-state index is -4.61. The van der Waals surface area contributed by atoms with Crippen molar-refractivity contribution in [3.63, 3.8) is 0 Å². The maximum Gasteiger partial charge on any atom is 0.453 e. The van der Waals surface area contributed by atoms with Gasteiger partial charge in [-0.2, -0.15) is 17.7 Å². The predicted octanol–water partition coefficient (Wildman–Crippen LogP) is 1.47. The summed E-state index contributed by atoms with van der Waals surface area (Å²) >= 11 is 0. The van der Waals surface area contributed by atoms with Gasteiger partial charge in [0.15, 0.2) is 5.65 Å². The first-order valence-corrected chi connectivity index (χ1v) is 6.12. The van der Waals surface area contributed by atoms with Gasteiger partial charge in [-0.1, -0.05) is 0 Å². The van der Waals surface area contributed by atoms with Crippen molar-refractivity contribution < 1.29 is 18.3 Å². The van der Waals surface area contributed by atoms with Gasteiger partial charge in [-0.05, 0) is 31.4 Å². The molecule has 108 valence electrons. The molecule has 9 heteroatoms. The molecule has 2 aromatic rings. The average molecular weight is 287 g/mol. The summed E-state index contributed by atoms with van der Waals surface area (Å²) < 4.78 is 38.9. The van der Waals surface area contributed by atoms with Gasteiger partial charge in [0.05, 0.1) is 12.1 Å². The number of nitrogens with one attached hydrogen (secondary N) is 1. The number of hydrogen-bond donors (Lipinski definition) is 2. The Labute approximate surface area is 111 Å². The summed E-state index contributed by atoms with van der Waals surface area (Å²) in [7, 11) is 0. The van der Waals surface area contributed by atoms with Crippen molar-refractivity contribution in [2.75, 3.05) is 11.9 Å². The van der Waals surface area contributed by atoms with Crippen molar-refractivity contribution in [3.05, 3.63) is 18.0 Å². The Morgan fingerprint density at radius 1 is 1.30 bits per heavy atom. The second kappa shape index (κ2) is 4.30. The number of halogens is 3. The van der Waals surface area contributed by atoms with Gasteiger partial charge >= 0.3 is 6.18 Å². The van der Waals surface area contributed by atoms with Crippen LogP contribution in [0.5, 0.6) is 0 Å². The fourth-order valence-corrected chi connectivity index (χ4v) is 2.23. The van der Waals surface area contributed by atoms with Gasteiger partial charge in [0, 0.05) is 0 Å². The van der Waals surface area contributed by atoms with Crippen molar-refractivity contribution in [2.45, 2.75) is 31.0 Å². The van der Waals surface area contributed by atoms with Crippen LogP contribution in [-0.2, 0) is 6.18 Å². The highest BCUT2D eigenvalue weighted by Gasteiger charge is 2.39. The lowest BCUT2D eigenvalue weighted by molar-refractivity contribution is -0.146. The smallest absolute Gasteiger partial charge is 0.394 e. The molecule has 0 spiro atoms. The molecule has 3 rings (SSSR count). The number of nitrogens with zero attached hydrogens (tertiary/aromatic N) is 4. The number of fused-ring (bicyclic) bond motifs is 1. The monoisotopic (exact) mass is 287 g/mol. The highest BCUT2D eigenvalue weighted by molar-refractivity contribution is 5.46. The normalized spacial score (nSPS) is 18.0. The summed E-state index contributed by atoms with van der Waals surface area (Å²) in [4.78, 5) is 0. The zero-order valence-corrected chi connectivity index (χ0v) is 10.4. The Balaban J connectivity index is 1.97. The van der Waals surface area contributed by atoms with E-state index in [1.54, 1.807) is 0 Å². The van der Waals surface area contributed by atoms with Crippen LogP contribution in [0.4, 0.5) is 19.0 Å².